The summed E-state index contributed by atoms with van der Waals surface area (Å²) < 4.78 is 0. The van der Waals surface area contributed by atoms with E-state index in [1.807, 2.05) is 0 Å². The van der Waals surface area contributed by atoms with Crippen LogP contribution in [0.15, 0.2) is 0 Å². The van der Waals surface area contributed by atoms with Gasteiger partial charge < -0.3 is 32.7 Å². The van der Waals surface area contributed by atoms with Crippen LogP contribution in [0.1, 0.15) is 6.42 Å². The minimum atomic E-state index is -1.82. The van der Waals surface area contributed by atoms with Gasteiger partial charge in [0.25, 0.3) is 0 Å². The van der Waals surface area contributed by atoms with Crippen LogP contribution in [-0.4, -0.2) is 44.3 Å². The molecule has 10 nitrogen and oxygen atoms in total. The third-order valence-electron chi connectivity index (χ3n) is 0.485. The maximum Gasteiger partial charge on any atom is 0.414 e. The summed E-state index contributed by atoms with van der Waals surface area (Å²) in [6, 6.07) is 0. The van der Waals surface area contributed by atoms with Crippen molar-refractivity contribution in [1.82, 2.24) is 12.3 Å². The largest absolute Gasteiger partial charge is 0.481 e. The first kappa shape index (κ1) is 23.0. The van der Waals surface area contributed by atoms with Crippen molar-refractivity contribution in [3.63, 3.8) is 0 Å². The van der Waals surface area contributed by atoms with E-state index in [1.165, 1.54) is 0 Å². The third kappa shape index (κ3) is 33.7. The molecule has 0 radical (unpaired) electrons. The molecule has 10 N–H and O–H groups in total. The summed E-state index contributed by atoms with van der Waals surface area (Å²) in [6.45, 7) is 0. The highest BCUT2D eigenvalue weighted by Gasteiger charge is 2.04. The SMILES string of the molecule is N.N.O=C(O)C(=O)O.O=C(O)CC(=O)O. The molecule has 0 saturated carbocycles. The zero-order chi connectivity index (χ0) is 11.0. The minimum absolute atomic E-state index is 0. The predicted octanol–water partition coefficient (Wildman–Crippen LogP) is -0.975. The molecule has 0 heterocycles. The Hall–Kier alpha value is -2.20. The van der Waals surface area contributed by atoms with Gasteiger partial charge in [0.15, 0.2) is 0 Å². The summed E-state index contributed by atoms with van der Waals surface area (Å²) >= 11 is 0. The first-order chi connectivity index (χ1) is 5.77. The predicted molar refractivity (Wildman–Crippen MR) is 45.2 cm³/mol. The Morgan fingerprint density at radius 1 is 0.667 bits per heavy atom. The van der Waals surface area contributed by atoms with Crippen molar-refractivity contribution in [2.75, 3.05) is 0 Å². The first-order valence-corrected chi connectivity index (χ1v) is 2.67. The van der Waals surface area contributed by atoms with Crippen LogP contribution in [0.4, 0.5) is 0 Å². The van der Waals surface area contributed by atoms with Gasteiger partial charge in [0.05, 0.1) is 0 Å². The Balaban J connectivity index is -0.0000000718. The van der Waals surface area contributed by atoms with E-state index in [0.29, 0.717) is 0 Å². The van der Waals surface area contributed by atoms with Crippen molar-refractivity contribution < 1.29 is 39.6 Å². The summed E-state index contributed by atoms with van der Waals surface area (Å²) in [6.07, 6.45) is -0.806. The van der Waals surface area contributed by atoms with Crippen LogP contribution in [0.3, 0.4) is 0 Å². The normalized spacial score (nSPS) is 6.67. The monoisotopic (exact) mass is 228 g/mol. The fourth-order valence-corrected chi connectivity index (χ4v) is 0.129. The lowest BCUT2D eigenvalue weighted by molar-refractivity contribution is -0.159. The molecule has 0 rings (SSSR count). The highest BCUT2D eigenvalue weighted by Crippen LogP contribution is 1.74. The average Bonchev–Trinajstić information content (AvgIpc) is 1.84. The molecule has 10 heteroatoms. The van der Waals surface area contributed by atoms with Gasteiger partial charge in [0.2, 0.25) is 0 Å². The maximum absolute atomic E-state index is 9.43. The van der Waals surface area contributed by atoms with Crippen LogP contribution in [0.25, 0.3) is 0 Å². The van der Waals surface area contributed by atoms with E-state index >= 15 is 0 Å². The number of hydrogen-bond donors (Lipinski definition) is 6. The molecule has 0 atom stereocenters. The first-order valence-electron chi connectivity index (χ1n) is 2.67. The molecule has 90 valence electrons. The summed E-state index contributed by atoms with van der Waals surface area (Å²) in [4.78, 5) is 37.1. The molecule has 0 aromatic rings. The van der Waals surface area contributed by atoms with Gasteiger partial charge in [0, 0.05) is 0 Å². The van der Waals surface area contributed by atoms with Crippen molar-refractivity contribution in [2.45, 2.75) is 6.42 Å². The van der Waals surface area contributed by atoms with Crippen LogP contribution >= 0.6 is 0 Å². The molecule has 0 saturated heterocycles. The second-order valence-corrected chi connectivity index (χ2v) is 1.57. The number of aliphatic carboxylic acids is 4. The molecule has 0 unspecified atom stereocenters. The molecule has 0 aromatic heterocycles. The van der Waals surface area contributed by atoms with Crippen molar-refractivity contribution in [3.05, 3.63) is 0 Å². The van der Waals surface area contributed by atoms with Gasteiger partial charge >= 0.3 is 23.9 Å². The number of rotatable bonds is 2. The molecule has 0 bridgehead atoms. The van der Waals surface area contributed by atoms with E-state index < -0.39 is 30.3 Å². The third-order valence-corrected chi connectivity index (χ3v) is 0.485. The smallest absolute Gasteiger partial charge is 0.414 e. The Morgan fingerprint density at radius 3 is 0.867 bits per heavy atom. The van der Waals surface area contributed by atoms with E-state index in [4.69, 9.17) is 30.0 Å². The van der Waals surface area contributed by atoms with E-state index in [9.17, 15) is 9.59 Å². The zero-order valence-corrected chi connectivity index (χ0v) is 7.54. The summed E-state index contributed by atoms with van der Waals surface area (Å²) in [5.74, 6) is -6.27. The van der Waals surface area contributed by atoms with Crippen molar-refractivity contribution in [1.29, 1.82) is 0 Å². The number of carbonyl (C=O) groups is 4. The summed E-state index contributed by atoms with van der Waals surface area (Å²) in [5, 5.41) is 30.2. The van der Waals surface area contributed by atoms with Gasteiger partial charge in [-0.2, -0.15) is 0 Å². The quantitative estimate of drug-likeness (QED) is 0.250. The zero-order valence-electron chi connectivity index (χ0n) is 7.54. The van der Waals surface area contributed by atoms with E-state index in [0.717, 1.165) is 0 Å². The van der Waals surface area contributed by atoms with Crippen LogP contribution in [0, 0.1) is 0 Å². The van der Waals surface area contributed by atoms with Gasteiger partial charge in [-0.05, 0) is 0 Å². The van der Waals surface area contributed by atoms with Crippen molar-refractivity contribution >= 4 is 23.9 Å². The standard InChI is InChI=1S/C3H4O4.C2H2O4.2H3N/c4-2(5)1-3(6)7;3-1(4)2(5)6;;/h1H2,(H,4,5)(H,6,7);(H,3,4)(H,5,6);2*1H3. The summed E-state index contributed by atoms with van der Waals surface area (Å²) in [7, 11) is 0. The van der Waals surface area contributed by atoms with E-state index in [-0.39, 0.29) is 12.3 Å². The lowest BCUT2D eigenvalue weighted by Gasteiger charge is -1.80. The molecule has 0 aliphatic heterocycles. The molecule has 15 heavy (non-hydrogen) atoms. The minimum Gasteiger partial charge on any atom is -0.481 e. The number of hydrogen-bond acceptors (Lipinski definition) is 6. The van der Waals surface area contributed by atoms with Gasteiger partial charge in [-0.3, -0.25) is 9.59 Å². The Labute approximate surface area is 83.3 Å². The number of carboxylic acid groups (broad SMARTS) is 4. The topological polar surface area (TPSA) is 219 Å². The number of carboxylic acids is 4. The van der Waals surface area contributed by atoms with Gasteiger partial charge in [-0.15, -0.1) is 0 Å². The second-order valence-electron chi connectivity index (χ2n) is 1.57. The van der Waals surface area contributed by atoms with E-state index in [2.05, 4.69) is 0 Å². The highest BCUT2D eigenvalue weighted by molar-refractivity contribution is 6.27. The molecule has 0 amide bonds. The van der Waals surface area contributed by atoms with Crippen LogP contribution in [-0.2, 0) is 19.2 Å². The Morgan fingerprint density at radius 2 is 0.867 bits per heavy atom. The molecule has 0 aliphatic carbocycles. The van der Waals surface area contributed by atoms with Gasteiger partial charge in [-0.25, -0.2) is 9.59 Å². The van der Waals surface area contributed by atoms with Crippen LogP contribution in [0.2, 0.25) is 0 Å². The van der Waals surface area contributed by atoms with Gasteiger partial charge in [0.1, 0.15) is 6.42 Å². The maximum atomic E-state index is 9.43. The van der Waals surface area contributed by atoms with Crippen LogP contribution < -0.4 is 12.3 Å². The Bertz CT molecular complexity index is 213. The Kier molecular flexibility index (Phi) is 18.1. The lowest BCUT2D eigenvalue weighted by atomic mass is 10.5. The molecular formula is C5H12N2O8. The van der Waals surface area contributed by atoms with Gasteiger partial charge in [-0.1, -0.05) is 0 Å². The average molecular weight is 228 g/mol. The van der Waals surface area contributed by atoms with Crippen LogP contribution in [0.5, 0.6) is 0 Å². The molecule has 0 fully saturated rings. The summed E-state index contributed by atoms with van der Waals surface area (Å²) in [5.41, 5.74) is 0. The molecule has 0 aliphatic rings. The fraction of sp³-hybridized carbons (Fsp3) is 0.200. The molecular weight excluding hydrogens is 216 g/mol. The second kappa shape index (κ2) is 11.8. The molecule has 0 aromatic carbocycles. The van der Waals surface area contributed by atoms with Crippen molar-refractivity contribution in [2.24, 2.45) is 0 Å². The van der Waals surface area contributed by atoms with Crippen molar-refractivity contribution in [3.8, 4) is 0 Å². The lowest BCUT2D eigenvalue weighted by Crippen LogP contribution is -2.09. The fourth-order valence-electron chi connectivity index (χ4n) is 0.129. The highest BCUT2D eigenvalue weighted by atomic mass is 16.4. The van der Waals surface area contributed by atoms with E-state index in [1.54, 1.807) is 0 Å². The molecule has 0 spiro atoms.